The van der Waals surface area contributed by atoms with Crippen LogP contribution in [0.15, 0.2) is 18.2 Å². The molecule has 0 bridgehead atoms. The fourth-order valence-corrected chi connectivity index (χ4v) is 1.74. The lowest BCUT2D eigenvalue weighted by atomic mass is 10.1. The van der Waals surface area contributed by atoms with Crippen LogP contribution in [0.1, 0.15) is 26.3 Å². The summed E-state index contributed by atoms with van der Waals surface area (Å²) in [4.78, 5) is 11.6. The SMILES string of the molecule is CC(C)(C)OC(=O)Nc1ccc(Cl)c(CC(F)(F)CN)c1. The van der Waals surface area contributed by atoms with Gasteiger partial charge in [0.2, 0.25) is 0 Å². The highest BCUT2D eigenvalue weighted by Crippen LogP contribution is 2.27. The predicted molar refractivity (Wildman–Crippen MR) is 79.0 cm³/mol. The molecule has 1 rings (SSSR count). The van der Waals surface area contributed by atoms with E-state index >= 15 is 0 Å². The molecule has 0 atom stereocenters. The van der Waals surface area contributed by atoms with Crippen LogP contribution < -0.4 is 11.1 Å². The van der Waals surface area contributed by atoms with Crippen LogP contribution in [0.4, 0.5) is 19.3 Å². The molecular formula is C14H19ClF2N2O2. The van der Waals surface area contributed by atoms with Gasteiger partial charge in [0.25, 0.3) is 5.92 Å². The van der Waals surface area contributed by atoms with Crippen molar-refractivity contribution in [3.8, 4) is 0 Å². The van der Waals surface area contributed by atoms with Gasteiger partial charge in [0.15, 0.2) is 0 Å². The second-order valence-electron chi connectivity index (χ2n) is 5.67. The van der Waals surface area contributed by atoms with Crippen LogP contribution in [0.2, 0.25) is 5.02 Å². The second kappa shape index (κ2) is 6.58. The zero-order valence-electron chi connectivity index (χ0n) is 12.2. The minimum Gasteiger partial charge on any atom is -0.444 e. The number of benzene rings is 1. The van der Waals surface area contributed by atoms with E-state index in [1.54, 1.807) is 20.8 Å². The van der Waals surface area contributed by atoms with Crippen LogP contribution in [0.5, 0.6) is 0 Å². The van der Waals surface area contributed by atoms with Crippen molar-refractivity contribution < 1.29 is 18.3 Å². The molecule has 118 valence electrons. The third-order valence-electron chi connectivity index (χ3n) is 2.44. The van der Waals surface area contributed by atoms with E-state index in [9.17, 15) is 13.6 Å². The van der Waals surface area contributed by atoms with Crippen LogP contribution >= 0.6 is 11.6 Å². The number of carbonyl (C=O) groups excluding carboxylic acids is 1. The highest BCUT2D eigenvalue weighted by molar-refractivity contribution is 6.31. The van der Waals surface area contributed by atoms with Gasteiger partial charge >= 0.3 is 6.09 Å². The smallest absolute Gasteiger partial charge is 0.412 e. The topological polar surface area (TPSA) is 64.3 Å². The van der Waals surface area contributed by atoms with Crippen molar-refractivity contribution >= 4 is 23.4 Å². The Balaban J connectivity index is 2.85. The highest BCUT2D eigenvalue weighted by Gasteiger charge is 2.28. The van der Waals surface area contributed by atoms with Crippen molar-refractivity contribution in [1.82, 2.24) is 0 Å². The number of hydrogen-bond acceptors (Lipinski definition) is 3. The number of alkyl halides is 2. The van der Waals surface area contributed by atoms with Gasteiger partial charge in [0, 0.05) is 17.1 Å². The number of halogens is 3. The lowest BCUT2D eigenvalue weighted by molar-refractivity contribution is 0.0115. The molecule has 1 aromatic carbocycles. The van der Waals surface area contributed by atoms with Gasteiger partial charge in [-0.2, -0.15) is 0 Å². The molecule has 3 N–H and O–H groups in total. The first-order valence-electron chi connectivity index (χ1n) is 6.39. The molecule has 0 aromatic heterocycles. The summed E-state index contributed by atoms with van der Waals surface area (Å²) in [6.45, 7) is 4.40. The predicted octanol–water partition coefficient (Wildman–Crippen LogP) is 3.82. The number of nitrogens with two attached hydrogens (primary N) is 1. The first kappa shape index (κ1) is 17.7. The Labute approximate surface area is 127 Å². The molecule has 0 aliphatic heterocycles. The molecular weight excluding hydrogens is 302 g/mol. The third-order valence-corrected chi connectivity index (χ3v) is 2.81. The van der Waals surface area contributed by atoms with E-state index in [0.29, 0.717) is 5.69 Å². The summed E-state index contributed by atoms with van der Waals surface area (Å²) in [7, 11) is 0. The average Bonchev–Trinajstić information content (AvgIpc) is 2.30. The lowest BCUT2D eigenvalue weighted by Gasteiger charge is -2.20. The average molecular weight is 321 g/mol. The largest absolute Gasteiger partial charge is 0.444 e. The molecule has 0 heterocycles. The molecule has 4 nitrogen and oxygen atoms in total. The van der Waals surface area contributed by atoms with Gasteiger partial charge in [-0.25, -0.2) is 13.6 Å². The standard InChI is InChI=1S/C14H19ClF2N2O2/c1-13(2,3)21-12(20)19-10-4-5-11(15)9(6-10)7-14(16,17)8-18/h4-6H,7-8,18H2,1-3H3,(H,19,20). The lowest BCUT2D eigenvalue weighted by Crippen LogP contribution is -2.30. The maximum atomic E-state index is 13.3. The first-order valence-corrected chi connectivity index (χ1v) is 6.76. The number of carbonyl (C=O) groups is 1. The maximum Gasteiger partial charge on any atom is 0.412 e. The fourth-order valence-electron chi connectivity index (χ4n) is 1.56. The zero-order chi connectivity index (χ0) is 16.3. The molecule has 1 aromatic rings. The first-order chi connectivity index (χ1) is 9.52. The van der Waals surface area contributed by atoms with Crippen molar-refractivity contribution in [1.29, 1.82) is 0 Å². The normalized spacial score (nSPS) is 12.1. The summed E-state index contributed by atoms with van der Waals surface area (Å²) in [5, 5.41) is 2.67. The fraction of sp³-hybridized carbons (Fsp3) is 0.500. The minimum atomic E-state index is -3.05. The molecule has 7 heteroatoms. The number of amides is 1. The Kier molecular flexibility index (Phi) is 5.53. The molecule has 0 aliphatic rings. The van der Waals surface area contributed by atoms with Crippen molar-refractivity contribution in [2.75, 3.05) is 11.9 Å². The van der Waals surface area contributed by atoms with E-state index in [4.69, 9.17) is 22.1 Å². The van der Waals surface area contributed by atoms with Crippen LogP contribution in [0.25, 0.3) is 0 Å². The van der Waals surface area contributed by atoms with E-state index in [-0.39, 0.29) is 10.6 Å². The van der Waals surface area contributed by atoms with Crippen LogP contribution in [0.3, 0.4) is 0 Å². The number of rotatable bonds is 4. The molecule has 0 spiro atoms. The molecule has 0 fully saturated rings. The second-order valence-corrected chi connectivity index (χ2v) is 6.08. The van der Waals surface area contributed by atoms with E-state index in [1.165, 1.54) is 18.2 Å². The van der Waals surface area contributed by atoms with E-state index in [2.05, 4.69) is 5.32 Å². The number of anilines is 1. The third kappa shape index (κ3) is 6.27. The molecule has 0 unspecified atom stereocenters. The Hall–Kier alpha value is -1.40. The molecule has 0 saturated heterocycles. The van der Waals surface area contributed by atoms with Crippen molar-refractivity contribution in [2.24, 2.45) is 5.73 Å². The molecule has 21 heavy (non-hydrogen) atoms. The summed E-state index contributed by atoms with van der Waals surface area (Å²) >= 11 is 5.88. The van der Waals surface area contributed by atoms with Gasteiger partial charge in [0.1, 0.15) is 5.60 Å². The van der Waals surface area contributed by atoms with Gasteiger partial charge in [0.05, 0.1) is 6.54 Å². The van der Waals surface area contributed by atoms with Gasteiger partial charge in [-0.3, -0.25) is 5.32 Å². The molecule has 0 saturated carbocycles. The van der Waals surface area contributed by atoms with E-state index in [0.717, 1.165) is 0 Å². The van der Waals surface area contributed by atoms with Gasteiger partial charge < -0.3 is 10.5 Å². The minimum absolute atomic E-state index is 0.192. The van der Waals surface area contributed by atoms with Crippen LogP contribution in [0, 0.1) is 0 Å². The molecule has 1 amide bonds. The summed E-state index contributed by atoms with van der Waals surface area (Å²) < 4.78 is 31.8. The van der Waals surface area contributed by atoms with E-state index in [1.807, 2.05) is 0 Å². The van der Waals surface area contributed by atoms with Crippen molar-refractivity contribution in [2.45, 2.75) is 38.7 Å². The quantitative estimate of drug-likeness (QED) is 0.886. The zero-order valence-corrected chi connectivity index (χ0v) is 12.9. The van der Waals surface area contributed by atoms with E-state index < -0.39 is 30.6 Å². The Bertz CT molecular complexity index is 516. The van der Waals surface area contributed by atoms with Crippen molar-refractivity contribution in [3.63, 3.8) is 0 Å². The summed E-state index contributed by atoms with van der Waals surface area (Å²) in [6, 6.07) is 4.34. The Morgan fingerprint density at radius 1 is 1.38 bits per heavy atom. The maximum absolute atomic E-state index is 13.3. The molecule has 0 aliphatic carbocycles. The Morgan fingerprint density at radius 2 is 2.00 bits per heavy atom. The van der Waals surface area contributed by atoms with Crippen LogP contribution in [-0.4, -0.2) is 24.2 Å². The number of ether oxygens (including phenoxy) is 1. The van der Waals surface area contributed by atoms with Gasteiger partial charge in [-0.15, -0.1) is 0 Å². The van der Waals surface area contributed by atoms with Gasteiger partial charge in [-0.05, 0) is 44.5 Å². The summed E-state index contributed by atoms with van der Waals surface area (Å²) in [5.74, 6) is -3.05. The molecule has 0 radical (unpaired) electrons. The monoisotopic (exact) mass is 320 g/mol. The highest BCUT2D eigenvalue weighted by atomic mass is 35.5. The Morgan fingerprint density at radius 3 is 2.52 bits per heavy atom. The van der Waals surface area contributed by atoms with Gasteiger partial charge in [-0.1, -0.05) is 11.6 Å². The summed E-state index contributed by atoms with van der Waals surface area (Å²) in [5.41, 5.74) is 4.90. The number of hydrogen-bond donors (Lipinski definition) is 2. The van der Waals surface area contributed by atoms with Crippen LogP contribution in [-0.2, 0) is 11.2 Å². The number of nitrogens with one attached hydrogen (secondary N) is 1. The van der Waals surface area contributed by atoms with Crippen molar-refractivity contribution in [3.05, 3.63) is 28.8 Å². The summed E-state index contributed by atoms with van der Waals surface area (Å²) in [6.07, 6.45) is -1.26.